The lowest BCUT2D eigenvalue weighted by atomic mass is 10.1. The standard InChI is InChI=1S/C25H31N7.2CH2O/c26-13-4-5-15-31(16-6-9-21-7-2-1-3-8-21)32-18-17-30(19-25(32)11-12-25)24-22-10-14-27-23(22)28-20-29-24;2*1-2/h1-3,7-8,10,14,20H,4-6,9,11-12,15-19H2,(H,27,28,29);2*1H2. The molecule has 5 rings (SSSR count). The molecule has 2 fully saturated rings. The maximum Gasteiger partial charge on any atom is 0.142 e. The highest BCUT2D eigenvalue weighted by atomic mass is 16.1. The number of hydrazine groups is 1. The Labute approximate surface area is 212 Å². The van der Waals surface area contributed by atoms with Gasteiger partial charge in [0, 0.05) is 45.3 Å². The number of aromatic amines is 1. The summed E-state index contributed by atoms with van der Waals surface area (Å²) in [5.41, 5.74) is 2.50. The largest absolute Gasteiger partial charge is 0.353 e. The molecular formula is C27H35N7O2. The minimum atomic E-state index is 0.200. The van der Waals surface area contributed by atoms with Crippen LogP contribution in [0.4, 0.5) is 5.82 Å². The number of carbonyl (C=O) groups excluding carboxylic acids is 2. The molecule has 36 heavy (non-hydrogen) atoms. The van der Waals surface area contributed by atoms with E-state index in [4.69, 9.17) is 14.9 Å². The average molecular weight is 490 g/mol. The van der Waals surface area contributed by atoms with Crippen molar-refractivity contribution in [1.82, 2.24) is 25.0 Å². The van der Waals surface area contributed by atoms with Crippen LogP contribution in [-0.4, -0.2) is 76.8 Å². The molecule has 0 amide bonds. The molecule has 1 saturated carbocycles. The number of nitrogens with one attached hydrogen (secondary N) is 1. The van der Waals surface area contributed by atoms with E-state index in [2.05, 4.69) is 72.3 Å². The fourth-order valence-corrected chi connectivity index (χ4v) is 5.07. The van der Waals surface area contributed by atoms with Crippen molar-refractivity contribution in [2.24, 2.45) is 0 Å². The predicted octanol–water partition coefficient (Wildman–Crippen LogP) is 3.40. The summed E-state index contributed by atoms with van der Waals surface area (Å²) < 4.78 is 0. The molecule has 9 nitrogen and oxygen atoms in total. The number of nitrogens with zero attached hydrogens (tertiary/aromatic N) is 6. The molecule has 2 aliphatic rings. The van der Waals surface area contributed by atoms with Gasteiger partial charge in [0.25, 0.3) is 0 Å². The number of nitriles is 1. The zero-order chi connectivity index (χ0) is 25.8. The predicted molar refractivity (Wildman–Crippen MR) is 140 cm³/mol. The van der Waals surface area contributed by atoms with Crippen molar-refractivity contribution in [1.29, 1.82) is 5.26 Å². The Morgan fingerprint density at radius 2 is 1.78 bits per heavy atom. The highest BCUT2D eigenvalue weighted by Crippen LogP contribution is 2.46. The summed E-state index contributed by atoms with van der Waals surface area (Å²) in [6.07, 6.45) is 9.81. The number of benzene rings is 1. The smallest absolute Gasteiger partial charge is 0.142 e. The monoisotopic (exact) mass is 489 g/mol. The molecule has 3 aromatic rings. The Balaban J connectivity index is 0.000000861. The second-order valence-electron chi connectivity index (χ2n) is 9.01. The number of hydrogen-bond acceptors (Lipinski definition) is 8. The maximum absolute atomic E-state index is 9.06. The SMILES string of the molecule is C=O.C=O.N#CCCCN(CCCc1ccccc1)N1CCN(c2ncnc3[nH]ccc23)CC12CC2. The topological polar surface area (TPSA) is 109 Å². The molecule has 1 spiro atoms. The lowest BCUT2D eigenvalue weighted by molar-refractivity contribution is -0.0987. The van der Waals surface area contributed by atoms with Crippen molar-refractivity contribution >= 4 is 30.4 Å². The molecule has 0 unspecified atom stereocenters. The Morgan fingerprint density at radius 1 is 1.03 bits per heavy atom. The Hall–Kier alpha value is -3.61. The highest BCUT2D eigenvalue weighted by Gasteiger charge is 2.53. The summed E-state index contributed by atoms with van der Waals surface area (Å²) in [5.74, 6) is 1.04. The van der Waals surface area contributed by atoms with Gasteiger partial charge < -0.3 is 19.5 Å². The third-order valence-corrected chi connectivity index (χ3v) is 6.84. The van der Waals surface area contributed by atoms with Crippen LogP contribution < -0.4 is 4.90 Å². The fourth-order valence-electron chi connectivity index (χ4n) is 5.07. The molecule has 1 aromatic carbocycles. The zero-order valence-corrected chi connectivity index (χ0v) is 20.8. The van der Waals surface area contributed by atoms with E-state index in [1.165, 1.54) is 18.4 Å². The van der Waals surface area contributed by atoms with E-state index in [-0.39, 0.29) is 5.54 Å². The molecule has 9 heteroatoms. The van der Waals surface area contributed by atoms with Crippen molar-refractivity contribution in [2.45, 2.75) is 44.1 Å². The number of carbonyl (C=O) groups is 2. The first kappa shape index (κ1) is 27.0. The van der Waals surface area contributed by atoms with Crippen LogP contribution in [-0.2, 0) is 16.0 Å². The van der Waals surface area contributed by atoms with Gasteiger partial charge in [0.15, 0.2) is 0 Å². The van der Waals surface area contributed by atoms with Crippen molar-refractivity contribution < 1.29 is 9.59 Å². The van der Waals surface area contributed by atoms with Crippen molar-refractivity contribution in [3.8, 4) is 6.07 Å². The van der Waals surface area contributed by atoms with Gasteiger partial charge in [-0.05, 0) is 43.7 Å². The highest BCUT2D eigenvalue weighted by molar-refractivity contribution is 5.87. The Morgan fingerprint density at radius 3 is 2.50 bits per heavy atom. The first-order valence-corrected chi connectivity index (χ1v) is 12.3. The van der Waals surface area contributed by atoms with Gasteiger partial charge >= 0.3 is 0 Å². The lowest BCUT2D eigenvalue weighted by Gasteiger charge is -2.48. The van der Waals surface area contributed by atoms with Gasteiger partial charge in [0.1, 0.15) is 31.4 Å². The molecule has 0 atom stereocenters. The Kier molecular flexibility index (Phi) is 10.1. The van der Waals surface area contributed by atoms with Gasteiger partial charge in [-0.1, -0.05) is 30.3 Å². The summed E-state index contributed by atoms with van der Waals surface area (Å²) in [4.78, 5) is 30.6. The van der Waals surface area contributed by atoms with E-state index in [9.17, 15) is 0 Å². The average Bonchev–Trinajstić information content (AvgIpc) is 3.52. The maximum atomic E-state index is 9.06. The first-order chi connectivity index (χ1) is 17.8. The van der Waals surface area contributed by atoms with Crippen LogP contribution >= 0.6 is 0 Å². The number of hydrogen-bond donors (Lipinski definition) is 1. The van der Waals surface area contributed by atoms with Crippen LogP contribution in [0.5, 0.6) is 0 Å². The second kappa shape index (κ2) is 13.5. The van der Waals surface area contributed by atoms with Crippen molar-refractivity contribution in [3.63, 3.8) is 0 Å². The molecule has 3 heterocycles. The molecule has 190 valence electrons. The Bertz CT molecular complexity index is 1110. The number of unbranched alkanes of at least 4 members (excludes halogenated alkanes) is 1. The first-order valence-electron chi connectivity index (χ1n) is 12.3. The van der Waals surface area contributed by atoms with Gasteiger partial charge in [0.2, 0.25) is 0 Å². The number of piperazine rings is 1. The molecule has 1 saturated heterocycles. The lowest BCUT2D eigenvalue weighted by Crippen LogP contribution is -2.61. The van der Waals surface area contributed by atoms with Gasteiger partial charge in [-0.3, -0.25) is 0 Å². The third kappa shape index (κ3) is 6.33. The van der Waals surface area contributed by atoms with Crippen LogP contribution in [0.25, 0.3) is 11.0 Å². The van der Waals surface area contributed by atoms with Gasteiger partial charge in [-0.15, -0.1) is 0 Å². The number of aromatic nitrogens is 3. The summed E-state index contributed by atoms with van der Waals surface area (Å²) in [6, 6.07) is 15.1. The normalized spacial score (nSPS) is 16.1. The molecular weight excluding hydrogens is 454 g/mol. The molecule has 1 aliphatic carbocycles. The van der Waals surface area contributed by atoms with Gasteiger partial charge in [0.05, 0.1) is 17.0 Å². The van der Waals surface area contributed by atoms with Crippen molar-refractivity contribution in [3.05, 3.63) is 54.5 Å². The van der Waals surface area contributed by atoms with Crippen LogP contribution in [0.1, 0.15) is 37.7 Å². The van der Waals surface area contributed by atoms with Gasteiger partial charge in [-0.2, -0.15) is 5.26 Å². The van der Waals surface area contributed by atoms with Crippen LogP contribution in [0.2, 0.25) is 0 Å². The molecule has 1 N–H and O–H groups in total. The third-order valence-electron chi connectivity index (χ3n) is 6.84. The number of aryl methyl sites for hydroxylation is 1. The van der Waals surface area contributed by atoms with E-state index in [1.807, 2.05) is 19.8 Å². The van der Waals surface area contributed by atoms with E-state index in [0.29, 0.717) is 6.42 Å². The van der Waals surface area contributed by atoms with Crippen molar-refractivity contribution in [2.75, 3.05) is 37.6 Å². The fraction of sp³-hybridized carbons (Fsp3) is 0.444. The molecule has 0 radical (unpaired) electrons. The van der Waals surface area contributed by atoms with E-state index < -0.39 is 0 Å². The summed E-state index contributed by atoms with van der Waals surface area (Å²) in [6.45, 7) is 8.94. The minimum Gasteiger partial charge on any atom is -0.353 e. The number of anilines is 1. The molecule has 1 aliphatic heterocycles. The van der Waals surface area contributed by atoms with Crippen LogP contribution in [0.3, 0.4) is 0 Å². The second-order valence-corrected chi connectivity index (χ2v) is 9.01. The van der Waals surface area contributed by atoms with Crippen LogP contribution in [0.15, 0.2) is 48.9 Å². The van der Waals surface area contributed by atoms with E-state index in [1.54, 1.807) is 6.33 Å². The molecule has 2 aromatic heterocycles. The van der Waals surface area contributed by atoms with E-state index in [0.717, 1.165) is 68.8 Å². The van der Waals surface area contributed by atoms with Crippen LogP contribution in [0, 0.1) is 11.3 Å². The zero-order valence-electron chi connectivity index (χ0n) is 20.8. The molecule has 0 bridgehead atoms. The summed E-state index contributed by atoms with van der Waals surface area (Å²) >= 11 is 0. The summed E-state index contributed by atoms with van der Waals surface area (Å²) in [7, 11) is 0. The van der Waals surface area contributed by atoms with Gasteiger partial charge in [-0.25, -0.2) is 20.0 Å². The number of H-pyrrole nitrogens is 1. The minimum absolute atomic E-state index is 0.200. The summed E-state index contributed by atoms with van der Waals surface area (Å²) in [5, 5.41) is 15.4. The quantitative estimate of drug-likeness (QED) is 0.456. The number of rotatable bonds is 9. The number of fused-ring (bicyclic) bond motifs is 1. The van der Waals surface area contributed by atoms with E-state index >= 15 is 0 Å².